The van der Waals surface area contributed by atoms with Gasteiger partial charge in [0.25, 0.3) is 0 Å². The van der Waals surface area contributed by atoms with Crippen molar-refractivity contribution in [2.75, 3.05) is 37.9 Å². The molecule has 2 aromatic heterocycles. The molecule has 2 atom stereocenters. The molecule has 8 heteroatoms. The highest BCUT2D eigenvalue weighted by atomic mass is 16.5. The second-order valence-electron chi connectivity index (χ2n) is 5.70. The average Bonchev–Trinajstić information content (AvgIpc) is 3.13. The molecule has 23 heavy (non-hydrogen) atoms. The third kappa shape index (κ3) is 3.37. The summed E-state index contributed by atoms with van der Waals surface area (Å²) >= 11 is 0. The van der Waals surface area contributed by atoms with Gasteiger partial charge in [-0.3, -0.25) is 0 Å². The summed E-state index contributed by atoms with van der Waals surface area (Å²) in [7, 11) is 3.28. The van der Waals surface area contributed by atoms with Crippen LogP contribution >= 0.6 is 0 Å². The fourth-order valence-corrected chi connectivity index (χ4v) is 2.96. The molecule has 0 saturated carbocycles. The number of nitrogen functional groups attached to an aromatic ring is 1. The Morgan fingerprint density at radius 2 is 2.13 bits per heavy atom. The Bertz CT molecular complexity index is 675. The molecule has 1 saturated heterocycles. The van der Waals surface area contributed by atoms with Gasteiger partial charge < -0.3 is 24.6 Å². The maximum Gasteiger partial charge on any atom is 0.225 e. The van der Waals surface area contributed by atoms with Gasteiger partial charge >= 0.3 is 0 Å². The van der Waals surface area contributed by atoms with E-state index in [0.717, 1.165) is 36.8 Å². The number of aryl methyl sites for hydroxylation is 1. The fraction of sp³-hybridized carbons (Fsp3) is 0.533. The van der Waals surface area contributed by atoms with Gasteiger partial charge in [-0.1, -0.05) is 5.16 Å². The molecular weight excluding hydrogens is 298 g/mol. The highest BCUT2D eigenvalue weighted by Gasteiger charge is 2.34. The minimum absolute atomic E-state index is 0.0857. The number of nitrogens with zero attached hydrogens (tertiary/aromatic N) is 4. The molecule has 124 valence electrons. The van der Waals surface area contributed by atoms with Gasteiger partial charge in [-0.15, -0.1) is 0 Å². The number of methoxy groups -OCH3 is 2. The van der Waals surface area contributed by atoms with Crippen LogP contribution in [0.3, 0.4) is 0 Å². The largest absolute Gasteiger partial charge is 0.481 e. The minimum atomic E-state index is 0.0857. The number of rotatable bonds is 5. The van der Waals surface area contributed by atoms with Crippen molar-refractivity contribution in [3.63, 3.8) is 0 Å². The van der Waals surface area contributed by atoms with Gasteiger partial charge in [-0.05, 0) is 6.92 Å². The van der Waals surface area contributed by atoms with Crippen LogP contribution in [0.1, 0.15) is 11.5 Å². The highest BCUT2D eigenvalue weighted by Crippen LogP contribution is 2.29. The molecule has 0 aromatic carbocycles. The van der Waals surface area contributed by atoms with Crippen LogP contribution in [0, 0.1) is 12.8 Å². The van der Waals surface area contributed by atoms with Crippen molar-refractivity contribution in [1.82, 2.24) is 15.1 Å². The Morgan fingerprint density at radius 1 is 1.30 bits per heavy atom. The number of aromatic nitrogens is 3. The van der Waals surface area contributed by atoms with Gasteiger partial charge in [-0.25, -0.2) is 0 Å². The molecule has 1 aliphatic rings. The standard InChI is InChI=1S/C15H21N5O3/c1-9-4-11(23-19-9)5-10-7-20(8-12(10)21-2)13-6-14(22-3)18-15(16)17-13/h4,6,10,12H,5,7-8H2,1-3H3,(H2,16,17,18)/t10-,12+/m1/s1. The quantitative estimate of drug-likeness (QED) is 0.873. The number of ether oxygens (including phenoxy) is 2. The van der Waals surface area contributed by atoms with Gasteiger partial charge in [-0.2, -0.15) is 9.97 Å². The number of hydrogen-bond acceptors (Lipinski definition) is 8. The van der Waals surface area contributed by atoms with Gasteiger partial charge in [0.2, 0.25) is 11.8 Å². The summed E-state index contributed by atoms with van der Waals surface area (Å²) in [4.78, 5) is 10.4. The molecule has 0 radical (unpaired) electrons. The molecule has 1 fully saturated rings. The first kappa shape index (κ1) is 15.5. The van der Waals surface area contributed by atoms with Crippen molar-refractivity contribution in [1.29, 1.82) is 0 Å². The Labute approximate surface area is 134 Å². The highest BCUT2D eigenvalue weighted by molar-refractivity contribution is 5.46. The van der Waals surface area contributed by atoms with Crippen LogP contribution < -0.4 is 15.4 Å². The van der Waals surface area contributed by atoms with Crippen LogP contribution in [0.25, 0.3) is 0 Å². The van der Waals surface area contributed by atoms with Gasteiger partial charge in [0.15, 0.2) is 0 Å². The lowest BCUT2D eigenvalue weighted by atomic mass is 10.0. The molecule has 0 bridgehead atoms. The molecule has 0 amide bonds. The lowest BCUT2D eigenvalue weighted by Crippen LogP contribution is -2.24. The average molecular weight is 319 g/mol. The van der Waals surface area contributed by atoms with Gasteiger partial charge in [0.05, 0.1) is 18.9 Å². The van der Waals surface area contributed by atoms with E-state index in [9.17, 15) is 0 Å². The molecule has 3 rings (SSSR count). The smallest absolute Gasteiger partial charge is 0.225 e. The molecule has 0 spiro atoms. The summed E-state index contributed by atoms with van der Waals surface area (Å²) in [5, 5.41) is 3.94. The monoisotopic (exact) mass is 319 g/mol. The second kappa shape index (κ2) is 6.41. The first-order chi connectivity index (χ1) is 11.1. The Morgan fingerprint density at radius 3 is 2.78 bits per heavy atom. The maximum atomic E-state index is 5.75. The molecular formula is C15H21N5O3. The van der Waals surface area contributed by atoms with Crippen LogP contribution in [0.15, 0.2) is 16.7 Å². The fourth-order valence-electron chi connectivity index (χ4n) is 2.96. The van der Waals surface area contributed by atoms with E-state index >= 15 is 0 Å². The summed E-state index contributed by atoms with van der Waals surface area (Å²) in [5.41, 5.74) is 6.63. The van der Waals surface area contributed by atoms with E-state index in [-0.39, 0.29) is 18.0 Å². The molecule has 2 aromatic rings. The van der Waals surface area contributed by atoms with Crippen LogP contribution in [0.2, 0.25) is 0 Å². The summed E-state index contributed by atoms with van der Waals surface area (Å²) in [6, 6.07) is 3.74. The molecule has 3 heterocycles. The number of anilines is 2. The molecule has 0 unspecified atom stereocenters. The van der Waals surface area contributed by atoms with Crippen molar-refractivity contribution in [3.8, 4) is 5.88 Å². The zero-order valence-corrected chi connectivity index (χ0v) is 13.5. The van der Waals surface area contributed by atoms with Crippen molar-refractivity contribution in [2.24, 2.45) is 5.92 Å². The maximum absolute atomic E-state index is 5.75. The summed E-state index contributed by atoms with van der Waals surface area (Å²) in [6.07, 6.45) is 0.857. The lowest BCUT2D eigenvalue weighted by molar-refractivity contribution is 0.0812. The van der Waals surface area contributed by atoms with Crippen LogP contribution in [0.4, 0.5) is 11.8 Å². The Kier molecular flexibility index (Phi) is 4.33. The minimum Gasteiger partial charge on any atom is -0.481 e. The number of nitrogens with two attached hydrogens (primary N) is 1. The predicted octanol–water partition coefficient (Wildman–Crippen LogP) is 1.06. The van der Waals surface area contributed by atoms with Gasteiger partial charge in [0.1, 0.15) is 11.6 Å². The van der Waals surface area contributed by atoms with Crippen molar-refractivity contribution in [3.05, 3.63) is 23.6 Å². The van der Waals surface area contributed by atoms with E-state index in [2.05, 4.69) is 20.0 Å². The van der Waals surface area contributed by atoms with E-state index in [1.807, 2.05) is 13.0 Å². The third-order valence-electron chi connectivity index (χ3n) is 4.06. The molecule has 8 nitrogen and oxygen atoms in total. The lowest BCUT2D eigenvalue weighted by Gasteiger charge is -2.17. The zero-order chi connectivity index (χ0) is 16.4. The van der Waals surface area contributed by atoms with Crippen molar-refractivity contribution >= 4 is 11.8 Å². The Balaban J connectivity index is 1.77. The summed E-state index contributed by atoms with van der Waals surface area (Å²) < 4.78 is 16.1. The third-order valence-corrected chi connectivity index (χ3v) is 4.06. The normalized spacial score (nSPS) is 20.9. The summed E-state index contributed by atoms with van der Waals surface area (Å²) in [6.45, 7) is 3.43. The molecule has 0 aliphatic carbocycles. The van der Waals surface area contributed by atoms with E-state index < -0.39 is 0 Å². The molecule has 2 N–H and O–H groups in total. The van der Waals surface area contributed by atoms with Crippen LogP contribution in [-0.2, 0) is 11.2 Å². The first-order valence-electron chi connectivity index (χ1n) is 7.47. The van der Waals surface area contributed by atoms with Crippen molar-refractivity contribution < 1.29 is 14.0 Å². The van der Waals surface area contributed by atoms with Gasteiger partial charge in [0, 0.05) is 44.7 Å². The summed E-state index contributed by atoms with van der Waals surface area (Å²) in [5.74, 6) is 2.55. The van der Waals surface area contributed by atoms with E-state index in [1.54, 1.807) is 20.3 Å². The van der Waals surface area contributed by atoms with Crippen LogP contribution in [-0.4, -0.2) is 48.5 Å². The van der Waals surface area contributed by atoms with E-state index in [1.165, 1.54) is 0 Å². The number of hydrogen-bond donors (Lipinski definition) is 1. The SMILES string of the molecule is COc1cc(N2C[C@@H](Cc3cc(C)no3)[C@@H](OC)C2)nc(N)n1. The van der Waals surface area contributed by atoms with Crippen molar-refractivity contribution in [2.45, 2.75) is 19.4 Å². The van der Waals surface area contributed by atoms with E-state index in [0.29, 0.717) is 5.88 Å². The topological polar surface area (TPSA) is 99.5 Å². The molecule has 1 aliphatic heterocycles. The van der Waals surface area contributed by atoms with Crippen LogP contribution in [0.5, 0.6) is 5.88 Å². The van der Waals surface area contributed by atoms with E-state index in [4.69, 9.17) is 19.7 Å². The first-order valence-corrected chi connectivity index (χ1v) is 7.47. The predicted molar refractivity (Wildman–Crippen MR) is 84.4 cm³/mol. The second-order valence-corrected chi connectivity index (χ2v) is 5.70. The zero-order valence-electron chi connectivity index (χ0n) is 13.5. The Hall–Kier alpha value is -2.35.